The van der Waals surface area contributed by atoms with Gasteiger partial charge in [-0.25, -0.2) is 8.42 Å². The summed E-state index contributed by atoms with van der Waals surface area (Å²) in [5.41, 5.74) is 4.09. The minimum Gasteiger partial charge on any atom is -0.480 e. The fourth-order valence-electron chi connectivity index (χ4n) is 1.18. The molecule has 1 rings (SSSR count). The van der Waals surface area contributed by atoms with Crippen LogP contribution < -0.4 is 5.73 Å². The normalized spacial score (nSPS) is 34.7. The fourth-order valence-corrected chi connectivity index (χ4v) is 2.33. The van der Waals surface area contributed by atoms with Gasteiger partial charge in [-0.3, -0.25) is 4.79 Å². The average molecular weight is 193 g/mol. The van der Waals surface area contributed by atoms with Crippen LogP contribution in [-0.4, -0.2) is 37.0 Å². The summed E-state index contributed by atoms with van der Waals surface area (Å²) in [6.07, 6.45) is 1.34. The van der Waals surface area contributed by atoms with Crippen molar-refractivity contribution in [3.63, 3.8) is 0 Å². The second-order valence-corrected chi connectivity index (χ2v) is 5.52. The zero-order chi connectivity index (χ0) is 9.57. The Morgan fingerprint density at radius 1 is 1.75 bits per heavy atom. The van der Waals surface area contributed by atoms with Crippen LogP contribution >= 0.6 is 0 Å². The van der Waals surface area contributed by atoms with Crippen LogP contribution in [0.4, 0.5) is 0 Å². The average Bonchev–Trinajstić information content (AvgIpc) is 2.38. The first-order valence-corrected chi connectivity index (χ1v) is 5.52. The lowest BCUT2D eigenvalue weighted by Gasteiger charge is -2.03. The Bertz CT molecular complexity index is 310. The zero-order valence-electron chi connectivity index (χ0n) is 6.65. The number of nitrogens with two attached hydrogens (primary N) is 1. The van der Waals surface area contributed by atoms with Crippen LogP contribution in [0, 0.1) is 5.92 Å². The molecule has 1 aliphatic carbocycles. The smallest absolute Gasteiger partial charge is 0.324 e. The summed E-state index contributed by atoms with van der Waals surface area (Å²) in [5.74, 6) is -1.66. The minimum atomic E-state index is -3.11. The molecule has 1 unspecified atom stereocenters. The highest BCUT2D eigenvalue weighted by Crippen LogP contribution is 2.41. The number of hydrogen-bond donors (Lipinski definition) is 2. The van der Waals surface area contributed by atoms with E-state index in [9.17, 15) is 13.2 Å². The van der Waals surface area contributed by atoms with Crippen molar-refractivity contribution in [2.24, 2.45) is 11.7 Å². The van der Waals surface area contributed by atoms with Gasteiger partial charge in [0.25, 0.3) is 0 Å². The van der Waals surface area contributed by atoms with Crippen molar-refractivity contribution in [2.75, 3.05) is 12.0 Å². The molecule has 3 N–H and O–H groups in total. The summed E-state index contributed by atoms with van der Waals surface area (Å²) in [4.78, 5) is 10.5. The van der Waals surface area contributed by atoms with Gasteiger partial charge in [0.2, 0.25) is 0 Å². The summed E-state index contributed by atoms with van der Waals surface area (Å²) in [6.45, 7) is 0. The lowest BCUT2D eigenvalue weighted by Crippen LogP contribution is -2.36. The van der Waals surface area contributed by atoms with Crippen molar-refractivity contribution in [3.05, 3.63) is 0 Å². The number of rotatable bonds is 3. The molecule has 0 aromatic rings. The molecule has 0 heterocycles. The molecule has 12 heavy (non-hydrogen) atoms. The Hall–Kier alpha value is -0.620. The third kappa shape index (κ3) is 1.75. The molecule has 1 saturated carbocycles. The highest BCUT2D eigenvalue weighted by atomic mass is 32.2. The minimum absolute atomic E-state index is 0.129. The topological polar surface area (TPSA) is 97.5 Å². The maximum Gasteiger partial charge on any atom is 0.324 e. The maximum atomic E-state index is 10.7. The van der Waals surface area contributed by atoms with E-state index in [1.54, 1.807) is 0 Å². The Morgan fingerprint density at radius 2 is 2.25 bits per heavy atom. The number of carboxylic acids is 1. The number of hydrogen-bond acceptors (Lipinski definition) is 4. The molecule has 0 aliphatic heterocycles. The lowest BCUT2D eigenvalue weighted by molar-refractivity contribution is -0.139. The first-order valence-electron chi connectivity index (χ1n) is 3.46. The molecule has 0 aromatic heterocycles. The Labute approximate surface area is 70.5 Å². The summed E-state index contributed by atoms with van der Waals surface area (Å²) in [5, 5.41) is 8.56. The van der Waals surface area contributed by atoms with E-state index in [1.807, 2.05) is 0 Å². The number of aliphatic carboxylic acids is 1. The van der Waals surface area contributed by atoms with E-state index < -0.39 is 27.3 Å². The molecule has 2 atom stereocenters. The van der Waals surface area contributed by atoms with Crippen LogP contribution in [0.2, 0.25) is 0 Å². The van der Waals surface area contributed by atoms with Gasteiger partial charge in [0.1, 0.15) is 15.4 Å². The summed E-state index contributed by atoms with van der Waals surface area (Å²) in [6, 6.07) is 0. The molecule has 1 aliphatic rings. The molecule has 0 aromatic carbocycles. The van der Waals surface area contributed by atoms with Crippen LogP contribution in [0.5, 0.6) is 0 Å². The second-order valence-electron chi connectivity index (χ2n) is 3.34. The Kier molecular flexibility index (Phi) is 1.92. The highest BCUT2D eigenvalue weighted by molar-refractivity contribution is 7.90. The van der Waals surface area contributed by atoms with Crippen LogP contribution in [-0.2, 0) is 14.6 Å². The van der Waals surface area contributed by atoms with Gasteiger partial charge in [0.15, 0.2) is 0 Å². The fraction of sp³-hybridized carbons (Fsp3) is 0.833. The third-order valence-electron chi connectivity index (χ3n) is 2.05. The van der Waals surface area contributed by atoms with Gasteiger partial charge in [-0.15, -0.1) is 0 Å². The molecule has 0 amide bonds. The molecule has 70 valence electrons. The molecule has 5 nitrogen and oxygen atoms in total. The van der Waals surface area contributed by atoms with Crippen molar-refractivity contribution in [2.45, 2.75) is 12.0 Å². The van der Waals surface area contributed by atoms with Crippen LogP contribution in [0.1, 0.15) is 6.42 Å². The SMILES string of the molecule is CS(=O)(=O)C[C@@H]1CC1(N)C(=O)O. The molecule has 0 spiro atoms. The standard InChI is InChI=1S/C6H11NO4S/c1-12(10,11)3-4-2-6(4,7)5(8)9/h4H,2-3,7H2,1H3,(H,8,9)/t4-,6?/m0/s1. The molecule has 0 radical (unpaired) electrons. The number of carbonyl (C=O) groups is 1. The van der Waals surface area contributed by atoms with Gasteiger partial charge in [0.05, 0.1) is 5.75 Å². The van der Waals surface area contributed by atoms with E-state index in [4.69, 9.17) is 10.8 Å². The molecular weight excluding hydrogens is 182 g/mol. The predicted octanol–water partition coefficient (Wildman–Crippen LogP) is -1.17. The third-order valence-corrected chi connectivity index (χ3v) is 3.06. The molecule has 1 fully saturated rings. The van der Waals surface area contributed by atoms with E-state index in [0.29, 0.717) is 0 Å². The zero-order valence-corrected chi connectivity index (χ0v) is 7.47. The maximum absolute atomic E-state index is 10.7. The summed E-state index contributed by atoms with van der Waals surface area (Å²) in [7, 11) is -3.11. The Morgan fingerprint density at radius 3 is 2.50 bits per heavy atom. The second kappa shape index (κ2) is 2.43. The van der Waals surface area contributed by atoms with Gasteiger partial charge in [-0.1, -0.05) is 0 Å². The van der Waals surface area contributed by atoms with E-state index >= 15 is 0 Å². The van der Waals surface area contributed by atoms with Crippen molar-refractivity contribution < 1.29 is 18.3 Å². The van der Waals surface area contributed by atoms with Crippen LogP contribution in [0.3, 0.4) is 0 Å². The van der Waals surface area contributed by atoms with Gasteiger partial charge >= 0.3 is 5.97 Å². The summed E-state index contributed by atoms with van der Waals surface area (Å²) >= 11 is 0. The summed E-state index contributed by atoms with van der Waals surface area (Å²) < 4.78 is 21.5. The first-order chi connectivity index (χ1) is 5.26. The van der Waals surface area contributed by atoms with E-state index in [0.717, 1.165) is 6.26 Å². The number of carboxylic acid groups (broad SMARTS) is 1. The van der Waals surface area contributed by atoms with Crippen molar-refractivity contribution >= 4 is 15.8 Å². The predicted molar refractivity (Wildman–Crippen MR) is 42.4 cm³/mol. The quantitative estimate of drug-likeness (QED) is 0.588. The van der Waals surface area contributed by atoms with E-state index in [1.165, 1.54) is 0 Å². The van der Waals surface area contributed by atoms with Crippen molar-refractivity contribution in [1.82, 2.24) is 0 Å². The molecule has 6 heteroatoms. The van der Waals surface area contributed by atoms with E-state index in [-0.39, 0.29) is 12.2 Å². The highest BCUT2D eigenvalue weighted by Gasteiger charge is 2.58. The Balaban J connectivity index is 2.60. The van der Waals surface area contributed by atoms with Crippen LogP contribution in [0.15, 0.2) is 0 Å². The first kappa shape index (κ1) is 9.47. The molecule has 0 saturated heterocycles. The largest absolute Gasteiger partial charge is 0.480 e. The van der Waals surface area contributed by atoms with Crippen molar-refractivity contribution in [1.29, 1.82) is 0 Å². The molecule has 0 bridgehead atoms. The van der Waals surface area contributed by atoms with Crippen molar-refractivity contribution in [3.8, 4) is 0 Å². The van der Waals surface area contributed by atoms with Gasteiger partial charge in [-0.05, 0) is 6.42 Å². The monoisotopic (exact) mass is 193 g/mol. The van der Waals surface area contributed by atoms with E-state index in [2.05, 4.69) is 0 Å². The molecular formula is C6H11NO4S. The number of sulfone groups is 1. The lowest BCUT2D eigenvalue weighted by atomic mass is 10.2. The van der Waals surface area contributed by atoms with Gasteiger partial charge in [0, 0.05) is 12.2 Å². The van der Waals surface area contributed by atoms with Gasteiger partial charge < -0.3 is 10.8 Å². The van der Waals surface area contributed by atoms with Gasteiger partial charge in [-0.2, -0.15) is 0 Å². The van der Waals surface area contributed by atoms with Crippen LogP contribution in [0.25, 0.3) is 0 Å².